The number of Topliss-reactive ketones (excluding diaryl/α,β-unsaturated/α-hetero) is 1. The van der Waals surface area contributed by atoms with Crippen molar-refractivity contribution >= 4 is 22.7 Å². The fraction of sp³-hybridized carbons (Fsp3) is 0.250. The molecule has 1 unspecified atom stereocenters. The van der Waals surface area contributed by atoms with Gasteiger partial charge in [-0.15, -0.1) is 0 Å². The highest BCUT2D eigenvalue weighted by atomic mass is 16.6. The van der Waals surface area contributed by atoms with E-state index in [0.29, 0.717) is 35.4 Å². The lowest BCUT2D eigenvalue weighted by atomic mass is 9.71. The smallest absolute Gasteiger partial charge is 0.337 e. The molecule has 3 aromatic rings. The maximum atomic E-state index is 14.0. The third-order valence-electron chi connectivity index (χ3n) is 7.48. The molecule has 0 amide bonds. The van der Waals surface area contributed by atoms with Gasteiger partial charge in [-0.05, 0) is 48.7 Å². The number of carbonyl (C=O) groups excluding carboxylic acids is 2. The summed E-state index contributed by atoms with van der Waals surface area (Å²) in [7, 11) is 3.16. The zero-order valence-corrected chi connectivity index (χ0v) is 22.4. The molecule has 2 N–H and O–H groups in total. The quantitative estimate of drug-likeness (QED) is 0.220. The second kappa shape index (κ2) is 11.1. The van der Waals surface area contributed by atoms with Crippen molar-refractivity contribution in [1.29, 1.82) is 0 Å². The van der Waals surface area contributed by atoms with E-state index in [0.717, 1.165) is 33.5 Å². The summed E-state index contributed by atoms with van der Waals surface area (Å²) in [5, 5.41) is 4.37. The lowest BCUT2D eigenvalue weighted by Gasteiger charge is -2.37. The van der Waals surface area contributed by atoms with Gasteiger partial charge in [0.05, 0.1) is 19.8 Å². The number of hydrogen-bond acceptors (Lipinski definition) is 6. The SMILES string of the molecule is C=C/C=C(/COC(=O)C1=C(C)NC2=C(C(=O)C[C@H](c3ccccc3OC)C2)C1c1cccc2[nH]ccc12)OC. The number of fused-ring (bicyclic) bond motifs is 1. The Hall–Kier alpha value is -4.52. The molecule has 1 aliphatic heterocycles. The van der Waals surface area contributed by atoms with Crippen LogP contribution in [-0.4, -0.2) is 37.6 Å². The van der Waals surface area contributed by atoms with Crippen LogP contribution < -0.4 is 10.1 Å². The highest BCUT2D eigenvalue weighted by molar-refractivity contribution is 6.05. The Morgan fingerprint density at radius 2 is 1.87 bits per heavy atom. The van der Waals surface area contributed by atoms with Gasteiger partial charge in [-0.3, -0.25) is 4.79 Å². The standard InChI is InChI=1S/C32H32N2O5/c1-5-9-21(37-3)18-39-32(36)29-19(2)34-26-16-20(22-10-6-7-13-28(22)38-4)17-27(35)31(26)30(29)24-11-8-12-25-23(24)14-15-33-25/h5-15,20,30,33-34H,1,16-18H2,2-4H3/b21-9-/t20-,30?/m1/s1. The topological polar surface area (TPSA) is 89.6 Å². The van der Waals surface area contributed by atoms with Crippen LogP contribution in [0.15, 0.2) is 102 Å². The number of H-pyrrole nitrogens is 1. The molecule has 7 heteroatoms. The number of benzene rings is 2. The molecule has 39 heavy (non-hydrogen) atoms. The summed E-state index contributed by atoms with van der Waals surface area (Å²) < 4.78 is 16.6. The summed E-state index contributed by atoms with van der Waals surface area (Å²) in [6, 6.07) is 15.7. The van der Waals surface area contributed by atoms with Crippen LogP contribution in [0.2, 0.25) is 0 Å². The molecule has 2 aliphatic rings. The lowest BCUT2D eigenvalue weighted by Crippen LogP contribution is -2.36. The molecule has 0 saturated carbocycles. The molecule has 2 aromatic carbocycles. The van der Waals surface area contributed by atoms with Gasteiger partial charge in [0, 0.05) is 52.3 Å². The number of para-hydroxylation sites is 1. The first-order valence-electron chi connectivity index (χ1n) is 12.9. The van der Waals surface area contributed by atoms with Gasteiger partial charge in [-0.25, -0.2) is 4.79 Å². The van der Waals surface area contributed by atoms with E-state index in [1.54, 1.807) is 19.3 Å². The molecule has 1 aromatic heterocycles. The number of aromatic nitrogens is 1. The predicted octanol–water partition coefficient (Wildman–Crippen LogP) is 5.80. The largest absolute Gasteiger partial charge is 0.497 e. The number of ketones is 1. The summed E-state index contributed by atoms with van der Waals surface area (Å²) in [4.78, 5) is 30.9. The monoisotopic (exact) mass is 524 g/mol. The Morgan fingerprint density at radius 1 is 1.08 bits per heavy atom. The third kappa shape index (κ3) is 4.88. The van der Waals surface area contributed by atoms with Gasteiger partial charge in [-0.2, -0.15) is 0 Å². The van der Waals surface area contributed by atoms with Crippen LogP contribution >= 0.6 is 0 Å². The van der Waals surface area contributed by atoms with Crippen LogP contribution in [0.4, 0.5) is 0 Å². The summed E-state index contributed by atoms with van der Waals surface area (Å²) in [5.74, 6) is 0.113. The van der Waals surface area contributed by atoms with E-state index in [-0.39, 0.29) is 18.3 Å². The summed E-state index contributed by atoms with van der Waals surface area (Å²) >= 11 is 0. The molecular formula is C32H32N2O5. The molecule has 5 rings (SSSR count). The molecule has 0 saturated heterocycles. The zero-order valence-electron chi connectivity index (χ0n) is 22.4. The summed E-state index contributed by atoms with van der Waals surface area (Å²) in [5.41, 5.74) is 5.34. The number of methoxy groups -OCH3 is 2. The highest BCUT2D eigenvalue weighted by Gasteiger charge is 2.42. The molecule has 200 valence electrons. The van der Waals surface area contributed by atoms with Crippen molar-refractivity contribution in [3.8, 4) is 5.75 Å². The maximum Gasteiger partial charge on any atom is 0.337 e. The molecule has 2 atom stereocenters. The maximum absolute atomic E-state index is 14.0. The van der Waals surface area contributed by atoms with Gasteiger partial charge in [0.25, 0.3) is 0 Å². The van der Waals surface area contributed by atoms with E-state index in [2.05, 4.69) is 16.9 Å². The number of esters is 1. The summed E-state index contributed by atoms with van der Waals surface area (Å²) in [6.45, 7) is 5.49. The lowest BCUT2D eigenvalue weighted by molar-refractivity contribution is -0.139. The average Bonchev–Trinajstić information content (AvgIpc) is 3.43. The first kappa shape index (κ1) is 26.1. The van der Waals surface area contributed by atoms with Gasteiger partial charge in [0.1, 0.15) is 18.1 Å². The molecule has 0 radical (unpaired) electrons. The molecule has 2 heterocycles. The first-order valence-corrected chi connectivity index (χ1v) is 12.9. The first-order chi connectivity index (χ1) is 19.0. The fourth-order valence-electron chi connectivity index (χ4n) is 5.73. The van der Waals surface area contributed by atoms with Crippen molar-refractivity contribution in [2.45, 2.75) is 31.6 Å². The Morgan fingerprint density at radius 3 is 2.64 bits per heavy atom. The molecule has 7 nitrogen and oxygen atoms in total. The summed E-state index contributed by atoms with van der Waals surface area (Å²) in [6.07, 6.45) is 6.03. The van der Waals surface area contributed by atoms with Crippen molar-refractivity contribution in [2.24, 2.45) is 0 Å². The van der Waals surface area contributed by atoms with Crippen LogP contribution in [0.1, 0.15) is 42.7 Å². The molecule has 0 bridgehead atoms. The Kier molecular flexibility index (Phi) is 7.41. The Labute approximate surface area is 227 Å². The van der Waals surface area contributed by atoms with Crippen LogP contribution in [0.25, 0.3) is 10.9 Å². The van der Waals surface area contributed by atoms with Gasteiger partial charge < -0.3 is 24.5 Å². The number of rotatable bonds is 8. The number of allylic oxidation sites excluding steroid dienone is 5. The normalized spacial score (nSPS) is 19.5. The Bertz CT molecular complexity index is 1540. The highest BCUT2D eigenvalue weighted by Crippen LogP contribution is 2.48. The minimum Gasteiger partial charge on any atom is -0.497 e. The van der Waals surface area contributed by atoms with Gasteiger partial charge in [0.2, 0.25) is 0 Å². The van der Waals surface area contributed by atoms with E-state index in [1.165, 1.54) is 7.11 Å². The number of ether oxygens (including phenoxy) is 3. The van der Waals surface area contributed by atoms with Crippen molar-refractivity contribution in [3.05, 3.63) is 113 Å². The molecule has 0 spiro atoms. The number of carbonyl (C=O) groups is 2. The number of dihydropyridines is 1. The van der Waals surface area contributed by atoms with E-state index in [4.69, 9.17) is 14.2 Å². The van der Waals surface area contributed by atoms with E-state index in [9.17, 15) is 9.59 Å². The van der Waals surface area contributed by atoms with Crippen LogP contribution in [0, 0.1) is 0 Å². The number of aromatic amines is 1. The average molecular weight is 525 g/mol. The van der Waals surface area contributed by atoms with E-state index in [1.807, 2.05) is 61.7 Å². The Balaban J connectivity index is 1.59. The van der Waals surface area contributed by atoms with Crippen molar-refractivity contribution in [3.63, 3.8) is 0 Å². The minimum atomic E-state index is -0.575. The number of hydrogen-bond donors (Lipinski definition) is 2. The molecule has 0 fully saturated rings. The number of nitrogens with one attached hydrogen (secondary N) is 2. The van der Waals surface area contributed by atoms with E-state index < -0.39 is 11.9 Å². The third-order valence-corrected chi connectivity index (χ3v) is 7.48. The van der Waals surface area contributed by atoms with Crippen LogP contribution in [0.3, 0.4) is 0 Å². The second-order valence-corrected chi connectivity index (χ2v) is 9.69. The molecular weight excluding hydrogens is 492 g/mol. The van der Waals surface area contributed by atoms with Crippen LogP contribution in [-0.2, 0) is 19.1 Å². The zero-order chi connectivity index (χ0) is 27.5. The van der Waals surface area contributed by atoms with Crippen molar-refractivity contribution in [1.82, 2.24) is 10.3 Å². The van der Waals surface area contributed by atoms with Gasteiger partial charge >= 0.3 is 5.97 Å². The minimum absolute atomic E-state index is 0.000807. The van der Waals surface area contributed by atoms with Crippen molar-refractivity contribution < 1.29 is 23.8 Å². The van der Waals surface area contributed by atoms with E-state index >= 15 is 0 Å². The fourth-order valence-corrected chi connectivity index (χ4v) is 5.73. The van der Waals surface area contributed by atoms with Gasteiger partial charge in [-0.1, -0.05) is 43.0 Å². The second-order valence-electron chi connectivity index (χ2n) is 9.69. The predicted molar refractivity (Wildman–Crippen MR) is 150 cm³/mol. The molecule has 1 aliphatic carbocycles. The van der Waals surface area contributed by atoms with Crippen LogP contribution in [0.5, 0.6) is 5.75 Å². The van der Waals surface area contributed by atoms with Gasteiger partial charge in [0.15, 0.2) is 5.78 Å². The van der Waals surface area contributed by atoms with Crippen molar-refractivity contribution in [2.75, 3.05) is 20.8 Å².